The van der Waals surface area contributed by atoms with Gasteiger partial charge in [0, 0.05) is 0 Å². The average Bonchev–Trinajstić information content (AvgIpc) is 2.86. The minimum atomic E-state index is 0.259. The first-order chi connectivity index (χ1) is 8.79. The maximum atomic E-state index is 4.22. The Morgan fingerprint density at radius 1 is 1.28 bits per heavy atom. The van der Waals surface area contributed by atoms with Gasteiger partial charge in [0.15, 0.2) is 0 Å². The second kappa shape index (κ2) is 6.31. The van der Waals surface area contributed by atoms with E-state index in [0.29, 0.717) is 0 Å². The summed E-state index contributed by atoms with van der Waals surface area (Å²) in [7, 11) is 0. The van der Waals surface area contributed by atoms with Crippen molar-refractivity contribution in [2.75, 3.05) is 6.54 Å². The Balaban J connectivity index is 1.98. The van der Waals surface area contributed by atoms with Gasteiger partial charge in [-0.1, -0.05) is 42.5 Å². The molecular weight excluding hydrogens is 224 g/mol. The van der Waals surface area contributed by atoms with E-state index in [1.54, 1.807) is 0 Å². The Morgan fingerprint density at radius 3 is 2.78 bits per heavy atom. The summed E-state index contributed by atoms with van der Waals surface area (Å²) in [5.74, 6) is 0. The van der Waals surface area contributed by atoms with Crippen LogP contribution in [0, 0.1) is 0 Å². The Bertz CT molecular complexity index is 464. The molecule has 1 aromatic carbocycles. The fourth-order valence-corrected chi connectivity index (χ4v) is 1.82. The van der Waals surface area contributed by atoms with Crippen LogP contribution in [0.3, 0.4) is 0 Å². The lowest BCUT2D eigenvalue weighted by Gasteiger charge is -2.08. The third-order valence-corrected chi connectivity index (χ3v) is 2.89. The molecule has 0 aliphatic carbocycles. The Labute approximate surface area is 108 Å². The monoisotopic (exact) mass is 244 g/mol. The lowest BCUT2D eigenvalue weighted by atomic mass is 10.2. The molecule has 0 bridgehead atoms. The zero-order valence-corrected chi connectivity index (χ0v) is 11.0. The van der Waals surface area contributed by atoms with Crippen molar-refractivity contribution < 1.29 is 0 Å². The van der Waals surface area contributed by atoms with Gasteiger partial charge in [0.05, 0.1) is 24.5 Å². The van der Waals surface area contributed by atoms with Crippen molar-refractivity contribution in [1.82, 2.24) is 20.3 Å². The molecule has 0 fully saturated rings. The molecule has 2 rings (SSSR count). The molecule has 1 unspecified atom stereocenters. The van der Waals surface area contributed by atoms with Gasteiger partial charge in [0.1, 0.15) is 0 Å². The predicted molar refractivity (Wildman–Crippen MR) is 72.3 cm³/mol. The summed E-state index contributed by atoms with van der Waals surface area (Å²) >= 11 is 0. The molecule has 1 aromatic heterocycles. The summed E-state index contributed by atoms with van der Waals surface area (Å²) in [6.07, 6.45) is 3.14. The fourth-order valence-electron chi connectivity index (χ4n) is 1.82. The lowest BCUT2D eigenvalue weighted by molar-refractivity contribution is 0.557. The minimum Gasteiger partial charge on any atom is -0.309 e. The first-order valence-electron chi connectivity index (χ1n) is 6.47. The van der Waals surface area contributed by atoms with Crippen LogP contribution in [-0.2, 0) is 6.54 Å². The summed E-state index contributed by atoms with van der Waals surface area (Å²) in [6.45, 7) is 6.06. The zero-order valence-electron chi connectivity index (χ0n) is 11.0. The van der Waals surface area contributed by atoms with Crippen LogP contribution in [0.5, 0.6) is 0 Å². The number of hydrogen-bond donors (Lipinski definition) is 1. The highest BCUT2D eigenvalue weighted by atomic mass is 15.4. The first-order valence-corrected chi connectivity index (χ1v) is 6.47. The molecule has 1 heterocycles. The SMILES string of the molecule is CCCNC(C)c1cn(Cc2ccccc2)nn1. The van der Waals surface area contributed by atoms with Gasteiger partial charge in [0.25, 0.3) is 0 Å². The zero-order chi connectivity index (χ0) is 12.8. The average molecular weight is 244 g/mol. The van der Waals surface area contributed by atoms with Crippen molar-refractivity contribution >= 4 is 0 Å². The molecule has 0 amide bonds. The smallest absolute Gasteiger partial charge is 0.0993 e. The van der Waals surface area contributed by atoms with Crippen LogP contribution in [0.2, 0.25) is 0 Å². The summed E-state index contributed by atoms with van der Waals surface area (Å²) < 4.78 is 1.88. The summed E-state index contributed by atoms with van der Waals surface area (Å²) in [5, 5.41) is 11.8. The topological polar surface area (TPSA) is 42.7 Å². The van der Waals surface area contributed by atoms with Crippen molar-refractivity contribution in [3.63, 3.8) is 0 Å². The van der Waals surface area contributed by atoms with Gasteiger partial charge in [-0.2, -0.15) is 0 Å². The highest BCUT2D eigenvalue weighted by Gasteiger charge is 2.08. The van der Waals surface area contributed by atoms with E-state index in [9.17, 15) is 0 Å². The number of nitrogens with zero attached hydrogens (tertiary/aromatic N) is 3. The van der Waals surface area contributed by atoms with E-state index < -0.39 is 0 Å². The van der Waals surface area contributed by atoms with Crippen molar-refractivity contribution in [1.29, 1.82) is 0 Å². The van der Waals surface area contributed by atoms with Gasteiger partial charge in [-0.05, 0) is 25.5 Å². The summed E-state index contributed by atoms with van der Waals surface area (Å²) in [5.41, 5.74) is 2.24. The van der Waals surface area contributed by atoms with Crippen LogP contribution in [0.15, 0.2) is 36.5 Å². The normalized spacial score (nSPS) is 12.6. The molecule has 1 N–H and O–H groups in total. The lowest BCUT2D eigenvalue weighted by Crippen LogP contribution is -2.19. The molecule has 4 heteroatoms. The molecular formula is C14H20N4. The molecule has 18 heavy (non-hydrogen) atoms. The highest BCUT2D eigenvalue weighted by molar-refractivity contribution is 5.15. The Kier molecular flexibility index (Phi) is 4.47. The molecule has 96 valence electrons. The Morgan fingerprint density at radius 2 is 2.06 bits per heavy atom. The molecule has 0 radical (unpaired) electrons. The first kappa shape index (κ1) is 12.8. The number of rotatable bonds is 6. The molecule has 4 nitrogen and oxygen atoms in total. The van der Waals surface area contributed by atoms with Gasteiger partial charge in [-0.25, -0.2) is 4.68 Å². The van der Waals surface area contributed by atoms with E-state index >= 15 is 0 Å². The van der Waals surface area contributed by atoms with Crippen LogP contribution in [0.25, 0.3) is 0 Å². The Hall–Kier alpha value is -1.68. The molecule has 0 aliphatic rings. The van der Waals surface area contributed by atoms with Crippen LogP contribution < -0.4 is 5.32 Å². The summed E-state index contributed by atoms with van der Waals surface area (Å²) in [4.78, 5) is 0. The van der Waals surface area contributed by atoms with Gasteiger partial charge >= 0.3 is 0 Å². The molecule has 0 spiro atoms. The van der Waals surface area contributed by atoms with Gasteiger partial charge < -0.3 is 5.32 Å². The predicted octanol–water partition coefficient (Wildman–Crippen LogP) is 2.39. The minimum absolute atomic E-state index is 0.259. The largest absolute Gasteiger partial charge is 0.309 e. The van der Waals surface area contributed by atoms with E-state index in [1.165, 1.54) is 5.56 Å². The van der Waals surface area contributed by atoms with Crippen molar-refractivity contribution in [2.24, 2.45) is 0 Å². The number of nitrogens with one attached hydrogen (secondary N) is 1. The van der Waals surface area contributed by atoms with Gasteiger partial charge in [0.2, 0.25) is 0 Å². The van der Waals surface area contributed by atoms with Crippen LogP contribution in [0.4, 0.5) is 0 Å². The fraction of sp³-hybridized carbons (Fsp3) is 0.429. The third kappa shape index (κ3) is 3.40. The van der Waals surface area contributed by atoms with Crippen molar-refractivity contribution in [3.8, 4) is 0 Å². The number of benzene rings is 1. The summed E-state index contributed by atoms with van der Waals surface area (Å²) in [6, 6.07) is 10.6. The number of aromatic nitrogens is 3. The van der Waals surface area contributed by atoms with Crippen LogP contribution in [-0.4, -0.2) is 21.5 Å². The van der Waals surface area contributed by atoms with Crippen molar-refractivity contribution in [2.45, 2.75) is 32.9 Å². The van der Waals surface area contributed by atoms with Crippen LogP contribution in [0.1, 0.15) is 37.6 Å². The van der Waals surface area contributed by atoms with Crippen molar-refractivity contribution in [3.05, 3.63) is 47.8 Å². The van der Waals surface area contributed by atoms with E-state index in [2.05, 4.69) is 41.6 Å². The van der Waals surface area contributed by atoms with E-state index in [0.717, 1.165) is 25.2 Å². The molecule has 0 saturated heterocycles. The maximum Gasteiger partial charge on any atom is 0.0993 e. The van der Waals surface area contributed by atoms with E-state index in [4.69, 9.17) is 0 Å². The molecule has 0 saturated carbocycles. The quantitative estimate of drug-likeness (QED) is 0.848. The molecule has 2 aromatic rings. The van der Waals surface area contributed by atoms with E-state index in [-0.39, 0.29) is 6.04 Å². The standard InChI is InChI=1S/C14H20N4/c1-3-9-15-12(2)14-11-18(17-16-14)10-13-7-5-4-6-8-13/h4-8,11-12,15H,3,9-10H2,1-2H3. The number of hydrogen-bond acceptors (Lipinski definition) is 3. The van der Waals surface area contributed by atoms with Crippen LogP contribution >= 0.6 is 0 Å². The van der Waals surface area contributed by atoms with E-state index in [1.807, 2.05) is 29.1 Å². The second-order valence-electron chi connectivity index (χ2n) is 4.50. The highest BCUT2D eigenvalue weighted by Crippen LogP contribution is 2.09. The van der Waals surface area contributed by atoms with Gasteiger partial charge in [-0.15, -0.1) is 5.10 Å². The third-order valence-electron chi connectivity index (χ3n) is 2.89. The molecule has 1 atom stereocenters. The molecule has 0 aliphatic heterocycles. The maximum absolute atomic E-state index is 4.22. The van der Waals surface area contributed by atoms with Gasteiger partial charge in [-0.3, -0.25) is 0 Å². The second-order valence-corrected chi connectivity index (χ2v) is 4.50.